The molecule has 16 heavy (non-hydrogen) atoms. The molecular weight excluding hydrogens is 202 g/mol. The first kappa shape index (κ1) is 13.5. The van der Waals surface area contributed by atoms with Gasteiger partial charge >= 0.3 is 5.97 Å². The fraction of sp³-hybridized carbons (Fsp3) is 0.923. The van der Waals surface area contributed by atoms with Crippen LogP contribution in [0, 0.1) is 11.3 Å². The van der Waals surface area contributed by atoms with Gasteiger partial charge in [-0.05, 0) is 44.1 Å². The summed E-state index contributed by atoms with van der Waals surface area (Å²) in [6, 6.07) is 0. The first-order chi connectivity index (χ1) is 7.35. The van der Waals surface area contributed by atoms with E-state index in [0.717, 1.165) is 25.7 Å². The van der Waals surface area contributed by atoms with E-state index in [9.17, 15) is 4.79 Å². The van der Waals surface area contributed by atoms with E-state index in [-0.39, 0.29) is 5.97 Å². The van der Waals surface area contributed by atoms with E-state index in [4.69, 9.17) is 4.74 Å². The van der Waals surface area contributed by atoms with Gasteiger partial charge in [-0.1, -0.05) is 20.8 Å². The topological polar surface area (TPSA) is 38.3 Å². The molecule has 1 rings (SSSR count). The number of hydrogen-bond donors (Lipinski definition) is 1. The Morgan fingerprint density at radius 3 is 2.12 bits per heavy atom. The van der Waals surface area contributed by atoms with E-state index in [1.54, 1.807) is 0 Å². The van der Waals surface area contributed by atoms with Gasteiger partial charge in [-0.15, -0.1) is 0 Å². The number of methoxy groups -OCH3 is 1. The van der Waals surface area contributed by atoms with Crippen LogP contribution in [0.5, 0.6) is 0 Å². The number of rotatable bonds is 2. The van der Waals surface area contributed by atoms with Crippen LogP contribution in [-0.4, -0.2) is 25.7 Å². The molecule has 0 atom stereocenters. The Hall–Kier alpha value is -0.570. The second-order valence-corrected chi connectivity index (χ2v) is 5.96. The Morgan fingerprint density at radius 2 is 1.81 bits per heavy atom. The van der Waals surface area contributed by atoms with Crippen molar-refractivity contribution in [3.63, 3.8) is 0 Å². The maximum Gasteiger partial charge on any atom is 0.326 e. The van der Waals surface area contributed by atoms with Crippen LogP contribution in [0.3, 0.4) is 0 Å². The second-order valence-electron chi connectivity index (χ2n) is 5.96. The lowest BCUT2D eigenvalue weighted by Crippen LogP contribution is -2.54. The van der Waals surface area contributed by atoms with Gasteiger partial charge in [-0.2, -0.15) is 0 Å². The Balaban J connectivity index is 2.68. The second kappa shape index (κ2) is 4.74. The van der Waals surface area contributed by atoms with E-state index >= 15 is 0 Å². The highest BCUT2D eigenvalue weighted by molar-refractivity contribution is 5.80. The minimum atomic E-state index is -0.434. The van der Waals surface area contributed by atoms with Crippen LogP contribution in [0.1, 0.15) is 46.5 Å². The molecule has 1 N–H and O–H groups in total. The highest BCUT2D eigenvalue weighted by atomic mass is 16.5. The number of nitrogens with one attached hydrogen (secondary N) is 1. The van der Waals surface area contributed by atoms with Crippen molar-refractivity contribution in [1.29, 1.82) is 0 Å². The molecule has 0 amide bonds. The van der Waals surface area contributed by atoms with Gasteiger partial charge in [-0.3, -0.25) is 4.79 Å². The molecule has 1 aliphatic carbocycles. The van der Waals surface area contributed by atoms with Crippen LogP contribution >= 0.6 is 0 Å². The average molecular weight is 227 g/mol. The quantitative estimate of drug-likeness (QED) is 0.736. The van der Waals surface area contributed by atoms with Crippen molar-refractivity contribution in [2.45, 2.75) is 52.0 Å². The van der Waals surface area contributed by atoms with Crippen LogP contribution in [0.25, 0.3) is 0 Å². The molecule has 0 aromatic heterocycles. The molecule has 0 bridgehead atoms. The lowest BCUT2D eigenvalue weighted by molar-refractivity contribution is -0.150. The van der Waals surface area contributed by atoms with Crippen molar-refractivity contribution in [1.82, 2.24) is 5.32 Å². The monoisotopic (exact) mass is 227 g/mol. The van der Waals surface area contributed by atoms with Crippen molar-refractivity contribution >= 4 is 5.97 Å². The summed E-state index contributed by atoms with van der Waals surface area (Å²) < 4.78 is 4.90. The number of esters is 1. The van der Waals surface area contributed by atoms with Gasteiger partial charge in [0.2, 0.25) is 0 Å². The summed E-state index contributed by atoms with van der Waals surface area (Å²) in [5.41, 5.74) is -0.0908. The van der Waals surface area contributed by atoms with Crippen LogP contribution < -0.4 is 5.32 Å². The SMILES string of the molecule is CNC1(C(=O)OC)CCC(C(C)(C)C)CC1. The summed E-state index contributed by atoms with van der Waals surface area (Å²) in [7, 11) is 3.33. The van der Waals surface area contributed by atoms with Gasteiger partial charge in [-0.25, -0.2) is 0 Å². The van der Waals surface area contributed by atoms with Crippen LogP contribution in [0.4, 0.5) is 0 Å². The third-order valence-corrected chi connectivity index (χ3v) is 4.12. The summed E-state index contributed by atoms with van der Waals surface area (Å²) >= 11 is 0. The summed E-state index contributed by atoms with van der Waals surface area (Å²) in [4.78, 5) is 11.8. The van der Waals surface area contributed by atoms with Gasteiger partial charge < -0.3 is 10.1 Å². The van der Waals surface area contributed by atoms with Crippen molar-refractivity contribution in [3.05, 3.63) is 0 Å². The predicted octanol–water partition coefficient (Wildman–Crippen LogP) is 2.35. The molecule has 1 aliphatic rings. The summed E-state index contributed by atoms with van der Waals surface area (Å²) in [6.07, 6.45) is 3.97. The third-order valence-electron chi connectivity index (χ3n) is 4.12. The molecule has 94 valence electrons. The molecule has 3 nitrogen and oxygen atoms in total. The normalized spacial score (nSPS) is 31.2. The Bertz CT molecular complexity index is 247. The minimum Gasteiger partial charge on any atom is -0.468 e. The Kier molecular flexibility index (Phi) is 4.00. The standard InChI is InChI=1S/C13H25NO2/c1-12(2,3)10-6-8-13(14-4,9-7-10)11(15)16-5/h10,14H,6-9H2,1-5H3. The molecular formula is C13H25NO2. The van der Waals surface area contributed by atoms with E-state index in [1.807, 2.05) is 7.05 Å². The molecule has 0 spiro atoms. The summed E-state index contributed by atoms with van der Waals surface area (Å²) in [6.45, 7) is 6.84. The number of ether oxygens (including phenoxy) is 1. The number of carbonyl (C=O) groups excluding carboxylic acids is 1. The molecule has 0 saturated heterocycles. The molecule has 0 aromatic rings. The van der Waals surface area contributed by atoms with Crippen molar-refractivity contribution in [2.24, 2.45) is 11.3 Å². The number of likely N-dealkylation sites (N-methyl/N-ethyl adjacent to an activating group) is 1. The zero-order chi connectivity index (χ0) is 12.4. The van der Waals surface area contributed by atoms with Gasteiger partial charge in [0.1, 0.15) is 5.54 Å². The maximum absolute atomic E-state index is 11.8. The van der Waals surface area contributed by atoms with Crippen LogP contribution in [-0.2, 0) is 9.53 Å². The van der Waals surface area contributed by atoms with Gasteiger partial charge in [0, 0.05) is 0 Å². The third kappa shape index (κ3) is 2.57. The summed E-state index contributed by atoms with van der Waals surface area (Å²) in [5.74, 6) is 0.598. The van der Waals surface area contributed by atoms with Crippen molar-refractivity contribution in [3.8, 4) is 0 Å². The van der Waals surface area contributed by atoms with Gasteiger partial charge in [0.05, 0.1) is 7.11 Å². The molecule has 3 heteroatoms. The molecule has 1 fully saturated rings. The molecule has 0 heterocycles. The maximum atomic E-state index is 11.8. The highest BCUT2D eigenvalue weighted by Gasteiger charge is 2.43. The fourth-order valence-corrected chi connectivity index (χ4v) is 2.73. The molecule has 0 aromatic carbocycles. The van der Waals surface area contributed by atoms with E-state index in [0.29, 0.717) is 11.3 Å². The lowest BCUT2D eigenvalue weighted by atomic mass is 9.67. The van der Waals surface area contributed by atoms with Gasteiger partial charge in [0.25, 0.3) is 0 Å². The van der Waals surface area contributed by atoms with Crippen LogP contribution in [0.2, 0.25) is 0 Å². The minimum absolute atomic E-state index is 0.109. The Morgan fingerprint density at radius 1 is 1.31 bits per heavy atom. The zero-order valence-electron chi connectivity index (χ0n) is 11.2. The molecule has 0 aliphatic heterocycles. The van der Waals surface area contributed by atoms with Crippen molar-refractivity contribution in [2.75, 3.05) is 14.2 Å². The average Bonchev–Trinajstić information content (AvgIpc) is 2.26. The molecule has 0 unspecified atom stereocenters. The highest BCUT2D eigenvalue weighted by Crippen LogP contribution is 2.41. The first-order valence-electron chi connectivity index (χ1n) is 6.13. The Labute approximate surface area is 98.9 Å². The number of carbonyl (C=O) groups is 1. The molecule has 0 radical (unpaired) electrons. The van der Waals surface area contributed by atoms with Gasteiger partial charge in [0.15, 0.2) is 0 Å². The van der Waals surface area contributed by atoms with E-state index in [1.165, 1.54) is 7.11 Å². The summed E-state index contributed by atoms with van der Waals surface area (Å²) in [5, 5.41) is 3.17. The zero-order valence-corrected chi connectivity index (χ0v) is 11.2. The van der Waals surface area contributed by atoms with E-state index in [2.05, 4.69) is 26.1 Å². The van der Waals surface area contributed by atoms with Crippen molar-refractivity contribution < 1.29 is 9.53 Å². The lowest BCUT2D eigenvalue weighted by Gasteiger charge is -2.42. The first-order valence-corrected chi connectivity index (χ1v) is 6.13. The van der Waals surface area contributed by atoms with E-state index < -0.39 is 5.54 Å². The fourth-order valence-electron chi connectivity index (χ4n) is 2.73. The smallest absolute Gasteiger partial charge is 0.326 e. The van der Waals surface area contributed by atoms with Crippen LogP contribution in [0.15, 0.2) is 0 Å². The number of hydrogen-bond acceptors (Lipinski definition) is 3. The molecule has 1 saturated carbocycles. The predicted molar refractivity (Wildman–Crippen MR) is 65.2 cm³/mol. The largest absolute Gasteiger partial charge is 0.468 e.